The van der Waals surface area contributed by atoms with Crippen LogP contribution in [0.4, 0.5) is 18.9 Å². The summed E-state index contributed by atoms with van der Waals surface area (Å²) in [6, 6.07) is 6.12. The van der Waals surface area contributed by atoms with E-state index in [2.05, 4.69) is 10.4 Å². The number of nitrogens with two attached hydrogens (primary N) is 1. The lowest BCUT2D eigenvalue weighted by atomic mass is 10.1. The van der Waals surface area contributed by atoms with Crippen LogP contribution in [0.25, 0.3) is 10.9 Å². The average Bonchev–Trinajstić information content (AvgIpc) is 2.44. The fraction of sp³-hybridized carbons (Fsp3) is 0.308. The van der Waals surface area contributed by atoms with Gasteiger partial charge in [-0.05, 0) is 24.3 Å². The number of hydrogen-bond acceptors (Lipinski definition) is 5. The van der Waals surface area contributed by atoms with Gasteiger partial charge in [-0.1, -0.05) is 0 Å². The Kier molecular flexibility index (Phi) is 4.49. The van der Waals surface area contributed by atoms with Crippen molar-refractivity contribution in [2.75, 3.05) is 19.1 Å². The Morgan fingerprint density at radius 1 is 1.29 bits per heavy atom. The molecule has 2 aromatic rings. The van der Waals surface area contributed by atoms with Crippen LogP contribution in [0.5, 0.6) is 5.75 Å². The van der Waals surface area contributed by atoms with Crippen LogP contribution in [0.3, 0.4) is 0 Å². The third-order valence-corrected chi connectivity index (χ3v) is 2.68. The summed E-state index contributed by atoms with van der Waals surface area (Å²) in [7, 11) is 1.54. The molecular formula is C13H14F3N3O2. The van der Waals surface area contributed by atoms with E-state index in [1.807, 2.05) is 0 Å². The van der Waals surface area contributed by atoms with Gasteiger partial charge in [0, 0.05) is 12.5 Å². The van der Waals surface area contributed by atoms with Crippen LogP contribution in [0, 0.1) is 0 Å². The Morgan fingerprint density at radius 2 is 2.05 bits per heavy atom. The highest BCUT2D eigenvalue weighted by atomic mass is 19.4. The summed E-state index contributed by atoms with van der Waals surface area (Å²) >= 11 is 0. The summed E-state index contributed by atoms with van der Waals surface area (Å²) < 4.78 is 46.2. The minimum absolute atomic E-state index is 0.0950. The molecule has 1 aromatic carbocycles. The molecule has 5 nitrogen and oxygen atoms in total. The normalized spacial score (nSPS) is 11.7. The molecule has 1 aromatic heterocycles. The summed E-state index contributed by atoms with van der Waals surface area (Å²) in [5.41, 5.74) is 4.26. The van der Waals surface area contributed by atoms with Crippen LogP contribution >= 0.6 is 0 Å². The zero-order valence-electron chi connectivity index (χ0n) is 11.2. The molecule has 0 aliphatic heterocycles. The molecule has 0 fully saturated rings. The van der Waals surface area contributed by atoms with Gasteiger partial charge in [-0.15, -0.1) is 0 Å². The number of anilines is 1. The quantitative estimate of drug-likeness (QED) is 0.656. The van der Waals surface area contributed by atoms with Crippen molar-refractivity contribution in [1.82, 2.24) is 4.98 Å². The molecular weight excluding hydrogens is 287 g/mol. The number of halogens is 3. The van der Waals surface area contributed by atoms with E-state index < -0.39 is 12.8 Å². The van der Waals surface area contributed by atoms with Crippen molar-refractivity contribution in [2.24, 2.45) is 5.84 Å². The zero-order valence-corrected chi connectivity index (χ0v) is 11.2. The molecule has 0 radical (unpaired) electrons. The summed E-state index contributed by atoms with van der Waals surface area (Å²) in [6.45, 7) is -1.05. The molecule has 114 valence electrons. The van der Waals surface area contributed by atoms with Gasteiger partial charge in [0.05, 0.1) is 23.5 Å². The van der Waals surface area contributed by atoms with E-state index in [4.69, 9.17) is 15.3 Å². The number of alkyl halides is 3. The Balaban J connectivity index is 2.35. The molecule has 0 spiro atoms. The second kappa shape index (κ2) is 6.15. The Morgan fingerprint density at radius 3 is 2.67 bits per heavy atom. The summed E-state index contributed by atoms with van der Waals surface area (Å²) in [5.74, 6) is 5.53. The highest BCUT2D eigenvalue weighted by Crippen LogP contribution is 2.28. The van der Waals surface area contributed by atoms with Gasteiger partial charge in [0.15, 0.2) is 6.61 Å². The molecule has 0 aliphatic carbocycles. The maximum Gasteiger partial charge on any atom is 0.422 e. The van der Waals surface area contributed by atoms with Crippen molar-refractivity contribution in [2.45, 2.75) is 12.8 Å². The first-order valence-electron chi connectivity index (χ1n) is 6.02. The van der Waals surface area contributed by atoms with E-state index in [1.165, 1.54) is 19.2 Å². The van der Waals surface area contributed by atoms with Crippen molar-refractivity contribution in [1.29, 1.82) is 0 Å². The summed E-state index contributed by atoms with van der Waals surface area (Å²) in [5, 5.41) is 0.567. The molecule has 0 atom stereocenters. The number of nitrogens with one attached hydrogen (secondary N) is 1. The third-order valence-electron chi connectivity index (χ3n) is 2.68. The standard InChI is InChI=1S/C13H14F3N3O2/c1-20-6-8-4-12(19-17)10-5-9(2-3-11(10)18-8)21-7-13(14,15)16/h2-5H,6-7,17H2,1H3,(H,18,19). The van der Waals surface area contributed by atoms with Crippen molar-refractivity contribution >= 4 is 16.6 Å². The predicted octanol–water partition coefficient (Wildman–Crippen LogP) is 2.61. The Labute approximate surface area is 118 Å². The van der Waals surface area contributed by atoms with Gasteiger partial charge in [-0.25, -0.2) is 0 Å². The van der Waals surface area contributed by atoms with Gasteiger partial charge in [-0.2, -0.15) is 13.2 Å². The number of hydrazine groups is 1. The Bertz CT molecular complexity index is 632. The number of nitrogens with zero attached hydrogens (tertiary/aromatic N) is 1. The zero-order chi connectivity index (χ0) is 15.5. The molecule has 0 amide bonds. The number of pyridine rings is 1. The van der Waals surface area contributed by atoms with E-state index in [0.29, 0.717) is 28.9 Å². The smallest absolute Gasteiger partial charge is 0.422 e. The first-order chi connectivity index (χ1) is 9.93. The van der Waals surface area contributed by atoms with Gasteiger partial charge < -0.3 is 14.9 Å². The highest BCUT2D eigenvalue weighted by Gasteiger charge is 2.28. The van der Waals surface area contributed by atoms with Gasteiger partial charge in [0.2, 0.25) is 0 Å². The molecule has 21 heavy (non-hydrogen) atoms. The molecule has 0 saturated heterocycles. The molecule has 3 N–H and O–H groups in total. The van der Waals surface area contributed by atoms with Crippen molar-refractivity contribution in [3.63, 3.8) is 0 Å². The number of rotatable bonds is 5. The number of methoxy groups -OCH3 is 1. The monoisotopic (exact) mass is 301 g/mol. The fourth-order valence-corrected chi connectivity index (χ4v) is 1.86. The van der Waals surface area contributed by atoms with Gasteiger partial charge in [0.25, 0.3) is 0 Å². The number of aromatic nitrogens is 1. The maximum absolute atomic E-state index is 12.2. The summed E-state index contributed by atoms with van der Waals surface area (Å²) in [4.78, 5) is 4.33. The van der Waals surface area contributed by atoms with Crippen LogP contribution < -0.4 is 16.0 Å². The lowest BCUT2D eigenvalue weighted by molar-refractivity contribution is -0.153. The summed E-state index contributed by atoms with van der Waals surface area (Å²) in [6.07, 6.45) is -4.38. The largest absolute Gasteiger partial charge is 0.484 e. The molecule has 0 bridgehead atoms. The maximum atomic E-state index is 12.2. The number of nitrogen functional groups attached to an aromatic ring is 1. The van der Waals surface area contributed by atoms with Gasteiger partial charge >= 0.3 is 6.18 Å². The lowest BCUT2D eigenvalue weighted by Gasteiger charge is -2.12. The molecule has 2 rings (SSSR count). The topological polar surface area (TPSA) is 69.4 Å². The number of hydrogen-bond donors (Lipinski definition) is 2. The molecule has 8 heteroatoms. The average molecular weight is 301 g/mol. The Hall–Kier alpha value is -2.06. The molecule has 1 heterocycles. The van der Waals surface area contributed by atoms with E-state index in [1.54, 1.807) is 12.1 Å². The lowest BCUT2D eigenvalue weighted by Crippen LogP contribution is -2.19. The number of ether oxygens (including phenoxy) is 2. The van der Waals surface area contributed by atoms with Crippen molar-refractivity contribution in [3.8, 4) is 5.75 Å². The first-order valence-corrected chi connectivity index (χ1v) is 6.02. The van der Waals surface area contributed by atoms with Crippen LogP contribution in [0.1, 0.15) is 5.69 Å². The van der Waals surface area contributed by atoms with Crippen LogP contribution in [-0.2, 0) is 11.3 Å². The SMILES string of the molecule is COCc1cc(NN)c2cc(OCC(F)(F)F)ccc2n1. The minimum Gasteiger partial charge on any atom is -0.484 e. The van der Waals surface area contributed by atoms with E-state index in [-0.39, 0.29) is 5.75 Å². The van der Waals surface area contributed by atoms with Crippen LogP contribution in [-0.4, -0.2) is 24.9 Å². The minimum atomic E-state index is -4.38. The molecule has 0 saturated carbocycles. The first kappa shape index (κ1) is 15.3. The van der Waals surface area contributed by atoms with Gasteiger partial charge in [-0.3, -0.25) is 10.8 Å². The highest BCUT2D eigenvalue weighted by molar-refractivity contribution is 5.92. The van der Waals surface area contributed by atoms with E-state index in [9.17, 15) is 13.2 Å². The van der Waals surface area contributed by atoms with Crippen LogP contribution in [0.2, 0.25) is 0 Å². The van der Waals surface area contributed by atoms with E-state index in [0.717, 1.165) is 0 Å². The molecule has 0 unspecified atom stereocenters. The van der Waals surface area contributed by atoms with Crippen molar-refractivity contribution in [3.05, 3.63) is 30.0 Å². The third kappa shape index (κ3) is 3.96. The molecule has 0 aliphatic rings. The van der Waals surface area contributed by atoms with Crippen molar-refractivity contribution < 1.29 is 22.6 Å². The predicted molar refractivity (Wildman–Crippen MR) is 71.8 cm³/mol. The van der Waals surface area contributed by atoms with Crippen LogP contribution in [0.15, 0.2) is 24.3 Å². The van der Waals surface area contributed by atoms with Gasteiger partial charge in [0.1, 0.15) is 5.75 Å². The fourth-order valence-electron chi connectivity index (χ4n) is 1.86. The second-order valence-corrected chi connectivity index (χ2v) is 4.32. The van der Waals surface area contributed by atoms with E-state index >= 15 is 0 Å². The second-order valence-electron chi connectivity index (χ2n) is 4.32. The number of fused-ring (bicyclic) bond motifs is 1. The number of benzene rings is 1.